The quantitative estimate of drug-likeness (QED) is 0.180. The van der Waals surface area contributed by atoms with Crippen LogP contribution in [0.25, 0.3) is 77.5 Å². The molecule has 0 atom stereocenters. The van der Waals surface area contributed by atoms with Crippen LogP contribution in [0, 0.1) is 11.3 Å². The monoisotopic (exact) mass is 765 g/mol. The Balaban J connectivity index is 1.13. The van der Waals surface area contributed by atoms with E-state index in [4.69, 9.17) is 14.7 Å². The molecule has 1 aliphatic carbocycles. The van der Waals surface area contributed by atoms with Crippen molar-refractivity contribution in [2.45, 2.75) is 5.41 Å². The molecule has 0 amide bonds. The van der Waals surface area contributed by atoms with E-state index in [0.29, 0.717) is 5.56 Å². The van der Waals surface area contributed by atoms with Crippen molar-refractivity contribution in [1.29, 1.82) is 5.26 Å². The number of hydrogen-bond donors (Lipinski definition) is 0. The SMILES string of the molecule is N#Cc1ccc2c(c1)c1ccccc1n2-c1cc(-c2ccc3c(c2)C2(c4ccccc4O3)c3cccnc3-c3ncccc32)cc(-n2c3ccccc3c3ccccc32)c1. The van der Waals surface area contributed by atoms with E-state index in [9.17, 15) is 5.26 Å². The summed E-state index contributed by atoms with van der Waals surface area (Å²) in [7, 11) is 0. The molecule has 13 rings (SSSR count). The summed E-state index contributed by atoms with van der Waals surface area (Å²) in [6, 6.07) is 64.5. The van der Waals surface area contributed by atoms with Crippen LogP contribution in [-0.4, -0.2) is 19.1 Å². The van der Waals surface area contributed by atoms with Crippen molar-refractivity contribution in [1.82, 2.24) is 19.1 Å². The van der Waals surface area contributed by atoms with Crippen molar-refractivity contribution < 1.29 is 4.74 Å². The van der Waals surface area contributed by atoms with Crippen molar-refractivity contribution >= 4 is 43.6 Å². The fourth-order valence-electron chi connectivity index (χ4n) is 10.3. The van der Waals surface area contributed by atoms with Crippen LogP contribution in [0.5, 0.6) is 11.5 Å². The Kier molecular flexibility index (Phi) is 6.62. The second-order valence-corrected chi connectivity index (χ2v) is 15.7. The van der Waals surface area contributed by atoms with Crippen molar-refractivity contribution in [3.63, 3.8) is 0 Å². The molecule has 2 aliphatic rings. The number of ether oxygens (including phenoxy) is 1. The number of nitrogens with zero attached hydrogens (tertiary/aromatic N) is 5. The van der Waals surface area contributed by atoms with Gasteiger partial charge in [-0.15, -0.1) is 0 Å². The lowest BCUT2D eigenvalue weighted by molar-refractivity contribution is 0.436. The van der Waals surface area contributed by atoms with Crippen LogP contribution in [0.3, 0.4) is 0 Å². The first kappa shape index (κ1) is 32.8. The van der Waals surface area contributed by atoms with E-state index in [1.807, 2.05) is 42.7 Å². The van der Waals surface area contributed by atoms with Crippen molar-refractivity contribution in [2.24, 2.45) is 0 Å². The minimum atomic E-state index is -0.702. The van der Waals surface area contributed by atoms with Gasteiger partial charge in [0.1, 0.15) is 11.5 Å². The number of aromatic nitrogens is 4. The molecule has 6 nitrogen and oxygen atoms in total. The number of benzene rings is 7. The average Bonchev–Trinajstić information content (AvgIpc) is 3.93. The largest absolute Gasteiger partial charge is 0.457 e. The van der Waals surface area contributed by atoms with Crippen molar-refractivity contribution in [2.75, 3.05) is 0 Å². The Bertz CT molecular complexity index is 3580. The van der Waals surface area contributed by atoms with Gasteiger partial charge in [0.2, 0.25) is 0 Å². The molecule has 4 aromatic heterocycles. The Morgan fingerprint density at radius 1 is 0.433 bits per heavy atom. The first-order valence-electron chi connectivity index (χ1n) is 20.1. The Morgan fingerprint density at radius 2 is 0.967 bits per heavy atom. The highest BCUT2D eigenvalue weighted by atomic mass is 16.5. The highest BCUT2D eigenvalue weighted by Gasteiger charge is 2.52. The molecule has 60 heavy (non-hydrogen) atoms. The third-order valence-electron chi connectivity index (χ3n) is 12.7. The number of pyridine rings is 2. The van der Waals surface area contributed by atoms with E-state index >= 15 is 0 Å². The van der Waals surface area contributed by atoms with Crippen molar-refractivity contribution in [3.8, 4) is 51.5 Å². The van der Waals surface area contributed by atoms with E-state index in [-0.39, 0.29) is 0 Å². The molecule has 0 fully saturated rings. The number of nitriles is 1. The summed E-state index contributed by atoms with van der Waals surface area (Å²) in [6.07, 6.45) is 3.71. The van der Waals surface area contributed by atoms with E-state index in [1.165, 1.54) is 10.8 Å². The minimum absolute atomic E-state index is 0.636. The summed E-state index contributed by atoms with van der Waals surface area (Å²) in [5, 5.41) is 14.5. The van der Waals surface area contributed by atoms with Crippen LogP contribution in [0.2, 0.25) is 0 Å². The third-order valence-corrected chi connectivity index (χ3v) is 12.7. The Morgan fingerprint density at radius 3 is 1.60 bits per heavy atom. The number of rotatable bonds is 3. The molecular weight excluding hydrogens is 735 g/mol. The average molecular weight is 766 g/mol. The van der Waals surface area contributed by atoms with E-state index < -0.39 is 5.41 Å². The van der Waals surface area contributed by atoms with Crippen LogP contribution < -0.4 is 4.74 Å². The molecule has 11 aromatic rings. The second kappa shape index (κ2) is 12.1. The summed E-state index contributed by atoms with van der Waals surface area (Å²) in [4.78, 5) is 9.88. The van der Waals surface area contributed by atoms with Crippen LogP contribution in [0.4, 0.5) is 0 Å². The molecule has 0 saturated carbocycles. The van der Waals surface area contributed by atoms with Gasteiger partial charge in [-0.3, -0.25) is 9.97 Å². The topological polar surface area (TPSA) is 68.7 Å². The maximum atomic E-state index is 9.92. The fourth-order valence-corrected chi connectivity index (χ4v) is 10.3. The van der Waals surface area contributed by atoms with Crippen LogP contribution >= 0.6 is 0 Å². The summed E-state index contributed by atoms with van der Waals surface area (Å²) >= 11 is 0. The zero-order valence-corrected chi connectivity index (χ0v) is 32.0. The molecule has 0 saturated heterocycles. The van der Waals surface area contributed by atoms with E-state index in [2.05, 4.69) is 161 Å². The molecule has 0 N–H and O–H groups in total. The van der Waals surface area contributed by atoms with Crippen molar-refractivity contribution in [3.05, 3.63) is 216 Å². The zero-order chi connectivity index (χ0) is 39.5. The van der Waals surface area contributed by atoms with Gasteiger partial charge in [0.15, 0.2) is 0 Å². The highest BCUT2D eigenvalue weighted by Crippen LogP contribution is 2.61. The summed E-state index contributed by atoms with van der Waals surface area (Å²) in [5.41, 5.74) is 14.5. The molecule has 7 aromatic carbocycles. The Labute approximate surface area is 344 Å². The zero-order valence-electron chi connectivity index (χ0n) is 32.0. The lowest BCUT2D eigenvalue weighted by Crippen LogP contribution is -2.32. The first-order chi connectivity index (χ1) is 29.7. The van der Waals surface area contributed by atoms with Gasteiger partial charge in [0.25, 0.3) is 0 Å². The standard InChI is InChI=1S/C54H31N5O/c55-32-33-21-23-49-41(27-33)40-13-3-7-19-48(40)59(49)37-29-35(28-36(31-37)58-46-17-5-1-11-38(46)39-12-2-6-18-47(39)58)34-22-24-51-45(30-34)54(42-14-4-8-20-50(42)60-51)43-15-9-25-56-52(43)53-44(54)16-10-26-57-53/h1-31H. The lowest BCUT2D eigenvalue weighted by atomic mass is 9.66. The van der Waals surface area contributed by atoms with E-state index in [0.717, 1.165) is 100 Å². The smallest absolute Gasteiger partial charge is 0.132 e. The number of hydrogen-bond acceptors (Lipinski definition) is 4. The van der Waals surface area contributed by atoms with Gasteiger partial charge in [0.05, 0.1) is 50.5 Å². The van der Waals surface area contributed by atoms with E-state index in [1.54, 1.807) is 0 Å². The molecule has 0 unspecified atom stereocenters. The maximum Gasteiger partial charge on any atom is 0.132 e. The van der Waals surface area contributed by atoms with Gasteiger partial charge in [-0.05, 0) is 107 Å². The lowest BCUT2D eigenvalue weighted by Gasteiger charge is -2.39. The molecule has 6 heteroatoms. The van der Waals surface area contributed by atoms with Crippen LogP contribution in [0.15, 0.2) is 188 Å². The van der Waals surface area contributed by atoms with Gasteiger partial charge in [-0.25, -0.2) is 0 Å². The predicted octanol–water partition coefficient (Wildman–Crippen LogP) is 12.7. The van der Waals surface area contributed by atoms with Gasteiger partial charge in [-0.1, -0.05) is 91.0 Å². The normalized spacial score (nSPS) is 13.2. The molecule has 0 radical (unpaired) electrons. The minimum Gasteiger partial charge on any atom is -0.457 e. The first-order valence-corrected chi connectivity index (χ1v) is 20.1. The van der Waals surface area contributed by atoms with Crippen LogP contribution in [0.1, 0.15) is 27.8 Å². The Hall–Kier alpha value is -8.27. The third kappa shape index (κ3) is 4.30. The number of para-hydroxylation sites is 4. The molecule has 0 bridgehead atoms. The van der Waals surface area contributed by atoms with Gasteiger partial charge in [-0.2, -0.15) is 5.26 Å². The van der Waals surface area contributed by atoms with Gasteiger partial charge >= 0.3 is 0 Å². The van der Waals surface area contributed by atoms with Crippen LogP contribution in [-0.2, 0) is 5.41 Å². The maximum absolute atomic E-state index is 9.92. The molecular formula is C54H31N5O. The molecule has 1 aliphatic heterocycles. The number of fused-ring (bicyclic) bond motifs is 15. The van der Waals surface area contributed by atoms with Gasteiger partial charge < -0.3 is 13.9 Å². The summed E-state index contributed by atoms with van der Waals surface area (Å²) in [6.45, 7) is 0. The molecule has 278 valence electrons. The molecule has 1 spiro atoms. The predicted molar refractivity (Wildman–Crippen MR) is 238 cm³/mol. The summed E-state index contributed by atoms with van der Waals surface area (Å²) < 4.78 is 11.5. The molecule has 5 heterocycles. The van der Waals surface area contributed by atoms with Gasteiger partial charge in [0, 0.05) is 56.4 Å². The highest BCUT2D eigenvalue weighted by molar-refractivity contribution is 6.11. The summed E-state index contributed by atoms with van der Waals surface area (Å²) in [5.74, 6) is 1.63. The fraction of sp³-hybridized carbons (Fsp3) is 0.0185. The second-order valence-electron chi connectivity index (χ2n) is 15.7.